The lowest BCUT2D eigenvalue weighted by Gasteiger charge is -2.27. The van der Waals surface area contributed by atoms with E-state index in [0.717, 1.165) is 22.0 Å². The minimum absolute atomic E-state index is 0.117. The van der Waals surface area contributed by atoms with E-state index in [1.54, 1.807) is 6.07 Å². The number of aromatic nitrogens is 1. The van der Waals surface area contributed by atoms with Crippen molar-refractivity contribution >= 4 is 16.8 Å². The highest BCUT2D eigenvalue weighted by molar-refractivity contribution is 5.86. The van der Waals surface area contributed by atoms with Gasteiger partial charge in [0.1, 0.15) is 18.5 Å². The first kappa shape index (κ1) is 21.1. The molecule has 6 heteroatoms. The minimum Gasteiger partial charge on any atom is -0.486 e. The van der Waals surface area contributed by atoms with Gasteiger partial charge in [0.25, 0.3) is 0 Å². The lowest BCUT2D eigenvalue weighted by Crippen LogP contribution is -2.41. The van der Waals surface area contributed by atoms with Crippen molar-refractivity contribution < 1.29 is 18.7 Å². The zero-order valence-electron chi connectivity index (χ0n) is 18.3. The van der Waals surface area contributed by atoms with E-state index in [9.17, 15) is 9.18 Å². The molecule has 0 bridgehead atoms. The number of para-hydroxylation sites is 3. The summed E-state index contributed by atoms with van der Waals surface area (Å²) < 4.78 is 26.6. The summed E-state index contributed by atoms with van der Waals surface area (Å²) in [5, 5.41) is 3.93. The maximum atomic E-state index is 14.9. The summed E-state index contributed by atoms with van der Waals surface area (Å²) >= 11 is 0. The molecule has 0 saturated heterocycles. The highest BCUT2D eigenvalue weighted by Crippen LogP contribution is 2.35. The molecule has 1 aromatic heterocycles. The van der Waals surface area contributed by atoms with Crippen molar-refractivity contribution in [2.75, 3.05) is 13.2 Å². The molecule has 1 aliphatic heterocycles. The molecule has 5 rings (SSSR count). The molecular formula is C27H25FN2O3. The third-order valence-corrected chi connectivity index (χ3v) is 6.01. The van der Waals surface area contributed by atoms with Gasteiger partial charge in [0.15, 0.2) is 11.5 Å². The van der Waals surface area contributed by atoms with Crippen molar-refractivity contribution in [2.24, 2.45) is 0 Å². The van der Waals surface area contributed by atoms with Crippen molar-refractivity contribution in [3.05, 3.63) is 95.4 Å². The topological polar surface area (TPSA) is 63.4 Å². The normalized spacial score (nSPS) is 15.9. The summed E-state index contributed by atoms with van der Waals surface area (Å²) in [6, 6.07) is 20.4. The van der Waals surface area contributed by atoms with Gasteiger partial charge in [0.2, 0.25) is 5.91 Å². The van der Waals surface area contributed by atoms with Gasteiger partial charge in [0.05, 0.1) is 6.54 Å². The molecule has 2 atom stereocenters. The monoisotopic (exact) mass is 444 g/mol. The van der Waals surface area contributed by atoms with Crippen LogP contribution in [0.3, 0.4) is 0 Å². The van der Waals surface area contributed by atoms with Gasteiger partial charge in [-0.05, 0) is 42.3 Å². The van der Waals surface area contributed by atoms with Gasteiger partial charge >= 0.3 is 0 Å². The molecule has 2 heterocycles. The van der Waals surface area contributed by atoms with E-state index < -0.39 is 5.92 Å². The van der Waals surface area contributed by atoms with Crippen LogP contribution in [-0.2, 0) is 4.79 Å². The summed E-state index contributed by atoms with van der Waals surface area (Å²) in [5.41, 5.74) is 3.32. The SMILES string of the molecule is Cc1ccc(F)c([C@@H](CC(=O)NC[C@@H]2COc3ccccc3O2)c2c[nH]c3ccccc23)c1. The van der Waals surface area contributed by atoms with E-state index in [1.165, 1.54) is 6.07 Å². The number of rotatable bonds is 6. The Balaban J connectivity index is 1.35. The van der Waals surface area contributed by atoms with E-state index in [4.69, 9.17) is 9.47 Å². The zero-order chi connectivity index (χ0) is 22.8. The first-order chi connectivity index (χ1) is 16.1. The molecule has 1 amide bonds. The Bertz CT molecular complexity index is 1300. The lowest BCUT2D eigenvalue weighted by atomic mass is 9.87. The number of hydrogen-bond donors (Lipinski definition) is 2. The van der Waals surface area contributed by atoms with Crippen molar-refractivity contribution in [1.29, 1.82) is 0 Å². The second-order valence-electron chi connectivity index (χ2n) is 8.37. The molecule has 0 fully saturated rings. The van der Waals surface area contributed by atoms with Crippen molar-refractivity contribution in [2.45, 2.75) is 25.4 Å². The Morgan fingerprint density at radius 2 is 1.88 bits per heavy atom. The van der Waals surface area contributed by atoms with Crippen LogP contribution in [0.5, 0.6) is 11.5 Å². The second-order valence-corrected chi connectivity index (χ2v) is 8.37. The summed E-state index contributed by atoms with van der Waals surface area (Å²) in [4.78, 5) is 16.3. The Morgan fingerprint density at radius 3 is 2.76 bits per heavy atom. The van der Waals surface area contributed by atoms with Crippen LogP contribution in [-0.4, -0.2) is 30.1 Å². The number of benzene rings is 3. The van der Waals surface area contributed by atoms with Gasteiger partial charge in [-0.1, -0.05) is 48.0 Å². The number of carbonyl (C=O) groups is 1. The predicted octanol–water partition coefficient (Wildman–Crippen LogP) is 5.09. The van der Waals surface area contributed by atoms with E-state index >= 15 is 0 Å². The van der Waals surface area contributed by atoms with Gasteiger partial charge < -0.3 is 19.8 Å². The quantitative estimate of drug-likeness (QED) is 0.435. The molecule has 5 nitrogen and oxygen atoms in total. The van der Waals surface area contributed by atoms with Gasteiger partial charge in [-0.2, -0.15) is 0 Å². The molecule has 0 radical (unpaired) electrons. The average molecular weight is 445 g/mol. The molecule has 2 N–H and O–H groups in total. The zero-order valence-corrected chi connectivity index (χ0v) is 18.3. The third kappa shape index (κ3) is 4.42. The van der Waals surface area contributed by atoms with Crippen molar-refractivity contribution in [1.82, 2.24) is 10.3 Å². The summed E-state index contributed by atoms with van der Waals surface area (Å²) in [5.74, 6) is 0.458. The maximum Gasteiger partial charge on any atom is 0.221 e. The van der Waals surface area contributed by atoms with E-state index in [2.05, 4.69) is 10.3 Å². The fourth-order valence-electron chi connectivity index (χ4n) is 4.35. The number of fused-ring (bicyclic) bond motifs is 2. The number of amides is 1. The molecular weight excluding hydrogens is 419 g/mol. The number of H-pyrrole nitrogens is 1. The van der Waals surface area contributed by atoms with Crippen LogP contribution in [0.4, 0.5) is 4.39 Å². The molecule has 0 aliphatic carbocycles. The van der Waals surface area contributed by atoms with Gasteiger partial charge in [-0.25, -0.2) is 4.39 Å². The van der Waals surface area contributed by atoms with Crippen LogP contribution >= 0.6 is 0 Å². The number of hydrogen-bond acceptors (Lipinski definition) is 3. The molecule has 0 saturated carbocycles. The first-order valence-electron chi connectivity index (χ1n) is 11.1. The fourth-order valence-corrected chi connectivity index (χ4v) is 4.35. The molecule has 3 aromatic carbocycles. The molecule has 0 unspecified atom stereocenters. The molecule has 4 aromatic rings. The molecule has 33 heavy (non-hydrogen) atoms. The second kappa shape index (κ2) is 8.98. The number of ether oxygens (including phenoxy) is 2. The van der Waals surface area contributed by atoms with Crippen LogP contribution < -0.4 is 14.8 Å². The standard InChI is InChI=1S/C27H25FN2O3/c1-17-10-11-23(28)21(12-17)20(22-15-29-24-7-3-2-6-19(22)24)13-27(31)30-14-18-16-32-25-8-4-5-9-26(25)33-18/h2-12,15,18,20,29H,13-14,16H2,1H3,(H,30,31)/t18-,20-/m1/s1. The Kier molecular flexibility index (Phi) is 5.73. The third-order valence-electron chi connectivity index (χ3n) is 6.01. The highest BCUT2D eigenvalue weighted by atomic mass is 19.1. The predicted molar refractivity (Wildman–Crippen MR) is 125 cm³/mol. The Labute approximate surface area is 191 Å². The number of nitrogens with one attached hydrogen (secondary N) is 2. The minimum atomic E-state index is -0.426. The van der Waals surface area contributed by atoms with E-state index in [0.29, 0.717) is 30.2 Å². The van der Waals surface area contributed by atoms with Crippen LogP contribution in [0.1, 0.15) is 29.0 Å². The lowest BCUT2D eigenvalue weighted by molar-refractivity contribution is -0.121. The number of halogens is 1. The Morgan fingerprint density at radius 1 is 1.09 bits per heavy atom. The number of carbonyl (C=O) groups excluding carboxylic acids is 1. The van der Waals surface area contributed by atoms with Gasteiger partial charge in [-0.15, -0.1) is 0 Å². The van der Waals surface area contributed by atoms with Gasteiger partial charge in [-0.3, -0.25) is 4.79 Å². The number of aryl methyl sites for hydroxylation is 1. The largest absolute Gasteiger partial charge is 0.486 e. The van der Waals surface area contributed by atoms with Gasteiger partial charge in [0, 0.05) is 29.4 Å². The molecule has 0 spiro atoms. The highest BCUT2D eigenvalue weighted by Gasteiger charge is 2.26. The van der Waals surface area contributed by atoms with Crippen molar-refractivity contribution in [3.63, 3.8) is 0 Å². The van der Waals surface area contributed by atoms with Crippen LogP contribution in [0.25, 0.3) is 10.9 Å². The Hall–Kier alpha value is -3.80. The van der Waals surface area contributed by atoms with Crippen LogP contribution in [0.2, 0.25) is 0 Å². The summed E-state index contributed by atoms with van der Waals surface area (Å²) in [7, 11) is 0. The van der Waals surface area contributed by atoms with Crippen LogP contribution in [0, 0.1) is 12.7 Å². The number of aromatic amines is 1. The fraction of sp³-hybridized carbons (Fsp3) is 0.222. The van der Waals surface area contributed by atoms with Crippen LogP contribution in [0.15, 0.2) is 72.9 Å². The summed E-state index contributed by atoms with van der Waals surface area (Å²) in [6.07, 6.45) is 1.71. The average Bonchev–Trinajstić information content (AvgIpc) is 3.27. The van der Waals surface area contributed by atoms with E-state index in [1.807, 2.05) is 67.7 Å². The maximum absolute atomic E-state index is 14.9. The van der Waals surface area contributed by atoms with Crippen molar-refractivity contribution in [3.8, 4) is 11.5 Å². The summed E-state index contributed by atoms with van der Waals surface area (Å²) in [6.45, 7) is 2.59. The molecule has 1 aliphatic rings. The smallest absolute Gasteiger partial charge is 0.221 e. The molecule has 168 valence electrons. The first-order valence-corrected chi connectivity index (χ1v) is 11.1. The van der Waals surface area contributed by atoms with E-state index in [-0.39, 0.29) is 24.2 Å².